The number of pyridine rings is 1. The van der Waals surface area contributed by atoms with Crippen molar-refractivity contribution in [2.24, 2.45) is 5.73 Å². The van der Waals surface area contributed by atoms with Gasteiger partial charge in [-0.15, -0.1) is 10.2 Å². The van der Waals surface area contributed by atoms with Crippen LogP contribution in [0.4, 0.5) is 4.79 Å². The van der Waals surface area contributed by atoms with Crippen LogP contribution in [0.1, 0.15) is 37.4 Å². The first-order valence-electron chi connectivity index (χ1n) is 7.02. The number of rotatable bonds is 3. The Balaban J connectivity index is 1.87. The highest BCUT2D eigenvalue weighted by molar-refractivity contribution is 5.64. The van der Waals surface area contributed by atoms with Crippen molar-refractivity contribution in [3.05, 3.63) is 24.2 Å². The molecule has 0 radical (unpaired) electrons. The third kappa shape index (κ3) is 2.76. The van der Waals surface area contributed by atoms with E-state index in [1.807, 2.05) is 22.7 Å². The Hall–Kier alpha value is -2.31. The van der Waals surface area contributed by atoms with Crippen LogP contribution in [0.5, 0.6) is 5.75 Å². The largest absolute Gasteiger partial charge is 0.495 e. The van der Waals surface area contributed by atoms with E-state index in [0.717, 1.165) is 42.9 Å². The summed E-state index contributed by atoms with van der Waals surface area (Å²) < 4.78 is 12.3. The minimum Gasteiger partial charge on any atom is -0.495 e. The van der Waals surface area contributed by atoms with Gasteiger partial charge in [0.1, 0.15) is 17.7 Å². The van der Waals surface area contributed by atoms with Crippen molar-refractivity contribution in [1.82, 2.24) is 14.6 Å². The summed E-state index contributed by atoms with van der Waals surface area (Å²) in [5.74, 6) is 1.83. The lowest BCUT2D eigenvalue weighted by atomic mass is 9.86. The van der Waals surface area contributed by atoms with Crippen molar-refractivity contribution >= 4 is 11.7 Å². The molecule has 0 bridgehead atoms. The van der Waals surface area contributed by atoms with E-state index >= 15 is 0 Å². The SMILES string of the molecule is COc1ccc2nnc([C@H]3CCC[C@@H](OC(N)=O)C3)n2c1. The van der Waals surface area contributed by atoms with Gasteiger partial charge in [0.05, 0.1) is 13.3 Å². The lowest BCUT2D eigenvalue weighted by Gasteiger charge is -2.27. The molecule has 0 aromatic carbocycles. The number of ether oxygens (including phenoxy) is 2. The molecule has 1 aliphatic rings. The zero-order chi connectivity index (χ0) is 14.8. The summed E-state index contributed by atoms with van der Waals surface area (Å²) in [4.78, 5) is 10.9. The van der Waals surface area contributed by atoms with Crippen molar-refractivity contribution in [3.8, 4) is 5.75 Å². The monoisotopic (exact) mass is 290 g/mol. The van der Waals surface area contributed by atoms with Crippen LogP contribution < -0.4 is 10.5 Å². The van der Waals surface area contributed by atoms with Crippen LogP contribution in [0.3, 0.4) is 0 Å². The second kappa shape index (κ2) is 5.59. The number of primary amides is 1. The molecule has 2 N–H and O–H groups in total. The Labute approximate surface area is 122 Å². The molecule has 0 unspecified atom stereocenters. The molecule has 1 amide bonds. The number of amides is 1. The van der Waals surface area contributed by atoms with Gasteiger partial charge in [-0.25, -0.2) is 4.79 Å². The van der Waals surface area contributed by atoms with Gasteiger partial charge in [0.2, 0.25) is 0 Å². The molecule has 3 rings (SSSR count). The van der Waals surface area contributed by atoms with E-state index in [0.29, 0.717) is 0 Å². The number of hydrogen-bond acceptors (Lipinski definition) is 5. The van der Waals surface area contributed by atoms with Gasteiger partial charge in [0, 0.05) is 5.92 Å². The average Bonchev–Trinajstić information content (AvgIpc) is 2.89. The summed E-state index contributed by atoms with van der Waals surface area (Å²) in [5, 5.41) is 8.47. The second-order valence-electron chi connectivity index (χ2n) is 5.28. The van der Waals surface area contributed by atoms with Crippen molar-refractivity contribution in [2.75, 3.05) is 7.11 Å². The predicted molar refractivity (Wildman–Crippen MR) is 75.2 cm³/mol. The predicted octanol–water partition coefficient (Wildman–Crippen LogP) is 1.86. The smallest absolute Gasteiger partial charge is 0.404 e. The molecule has 7 heteroatoms. The van der Waals surface area contributed by atoms with Gasteiger partial charge in [-0.3, -0.25) is 4.40 Å². The van der Waals surface area contributed by atoms with Crippen LogP contribution in [0, 0.1) is 0 Å². The van der Waals surface area contributed by atoms with E-state index in [1.165, 1.54) is 0 Å². The van der Waals surface area contributed by atoms with Gasteiger partial charge in [0.15, 0.2) is 5.65 Å². The fraction of sp³-hybridized carbons (Fsp3) is 0.500. The average molecular weight is 290 g/mol. The Kier molecular flexibility index (Phi) is 3.64. The molecule has 0 saturated heterocycles. The number of methoxy groups -OCH3 is 1. The van der Waals surface area contributed by atoms with E-state index in [2.05, 4.69) is 10.2 Å². The van der Waals surface area contributed by atoms with Gasteiger partial charge in [-0.1, -0.05) is 0 Å². The highest BCUT2D eigenvalue weighted by Gasteiger charge is 2.28. The Bertz CT molecular complexity index is 655. The highest BCUT2D eigenvalue weighted by atomic mass is 16.6. The first-order chi connectivity index (χ1) is 10.2. The quantitative estimate of drug-likeness (QED) is 0.931. The summed E-state index contributed by atoms with van der Waals surface area (Å²) in [6, 6.07) is 3.73. The van der Waals surface area contributed by atoms with Crippen LogP contribution in [0.25, 0.3) is 5.65 Å². The molecule has 112 valence electrons. The van der Waals surface area contributed by atoms with Gasteiger partial charge < -0.3 is 15.2 Å². The maximum Gasteiger partial charge on any atom is 0.404 e. The van der Waals surface area contributed by atoms with Crippen LogP contribution in [0.2, 0.25) is 0 Å². The van der Waals surface area contributed by atoms with E-state index in [4.69, 9.17) is 15.2 Å². The zero-order valence-corrected chi connectivity index (χ0v) is 11.9. The van der Waals surface area contributed by atoms with Gasteiger partial charge in [-0.05, 0) is 37.8 Å². The fourth-order valence-corrected chi connectivity index (χ4v) is 2.94. The maximum atomic E-state index is 10.9. The third-order valence-corrected chi connectivity index (χ3v) is 3.91. The molecule has 21 heavy (non-hydrogen) atoms. The Morgan fingerprint density at radius 2 is 2.24 bits per heavy atom. The minimum absolute atomic E-state index is 0.140. The standard InChI is InChI=1S/C14H18N4O3/c1-20-11-5-6-12-16-17-13(18(12)8-11)9-3-2-4-10(7-9)21-14(15)19/h5-6,8-10H,2-4,7H2,1H3,(H2,15,19)/t9-,10+/m0/s1. The molecule has 2 heterocycles. The van der Waals surface area contributed by atoms with Crippen molar-refractivity contribution in [3.63, 3.8) is 0 Å². The maximum absolute atomic E-state index is 10.9. The summed E-state index contributed by atoms with van der Waals surface area (Å²) in [6.45, 7) is 0. The molecule has 0 spiro atoms. The Morgan fingerprint density at radius 3 is 3.00 bits per heavy atom. The van der Waals surface area contributed by atoms with Crippen LogP contribution in [0.15, 0.2) is 18.3 Å². The number of aromatic nitrogens is 3. The summed E-state index contributed by atoms with van der Waals surface area (Å²) in [5.41, 5.74) is 5.89. The van der Waals surface area contributed by atoms with E-state index in [9.17, 15) is 4.79 Å². The third-order valence-electron chi connectivity index (χ3n) is 3.91. The first-order valence-corrected chi connectivity index (χ1v) is 7.02. The molecular weight excluding hydrogens is 272 g/mol. The van der Waals surface area contributed by atoms with Gasteiger partial charge in [0.25, 0.3) is 0 Å². The van der Waals surface area contributed by atoms with Gasteiger partial charge >= 0.3 is 6.09 Å². The normalized spacial score (nSPS) is 22.1. The molecule has 7 nitrogen and oxygen atoms in total. The molecule has 1 aliphatic carbocycles. The first kappa shape index (κ1) is 13.7. The lowest BCUT2D eigenvalue weighted by Crippen LogP contribution is -2.28. The zero-order valence-electron chi connectivity index (χ0n) is 11.9. The molecular formula is C14H18N4O3. The lowest BCUT2D eigenvalue weighted by molar-refractivity contribution is 0.0758. The van der Waals surface area contributed by atoms with Crippen LogP contribution in [-0.4, -0.2) is 33.9 Å². The topological polar surface area (TPSA) is 91.7 Å². The number of hydrogen-bond donors (Lipinski definition) is 1. The Morgan fingerprint density at radius 1 is 1.38 bits per heavy atom. The fourth-order valence-electron chi connectivity index (χ4n) is 2.94. The number of nitrogens with zero attached hydrogens (tertiary/aromatic N) is 3. The van der Waals surface area contributed by atoms with Crippen LogP contribution in [-0.2, 0) is 4.74 Å². The number of fused-ring (bicyclic) bond motifs is 1. The van der Waals surface area contributed by atoms with Crippen molar-refractivity contribution in [2.45, 2.75) is 37.7 Å². The van der Waals surface area contributed by atoms with Gasteiger partial charge in [-0.2, -0.15) is 0 Å². The number of carbonyl (C=O) groups excluding carboxylic acids is 1. The van der Waals surface area contributed by atoms with E-state index < -0.39 is 6.09 Å². The highest BCUT2D eigenvalue weighted by Crippen LogP contribution is 2.33. The van der Waals surface area contributed by atoms with Crippen LogP contribution >= 0.6 is 0 Å². The summed E-state index contributed by atoms with van der Waals surface area (Å²) in [7, 11) is 1.63. The van der Waals surface area contributed by atoms with E-state index in [-0.39, 0.29) is 12.0 Å². The van der Waals surface area contributed by atoms with E-state index in [1.54, 1.807) is 7.11 Å². The second-order valence-corrected chi connectivity index (χ2v) is 5.28. The summed E-state index contributed by atoms with van der Waals surface area (Å²) >= 11 is 0. The molecule has 1 saturated carbocycles. The van der Waals surface area contributed by atoms with Crippen molar-refractivity contribution in [1.29, 1.82) is 0 Å². The molecule has 2 aromatic rings. The molecule has 2 atom stereocenters. The molecule has 1 fully saturated rings. The number of carbonyl (C=O) groups is 1. The minimum atomic E-state index is -0.714. The summed E-state index contributed by atoms with van der Waals surface area (Å²) in [6.07, 6.45) is 4.56. The molecule has 0 aliphatic heterocycles. The van der Waals surface area contributed by atoms with Crippen molar-refractivity contribution < 1.29 is 14.3 Å². The number of nitrogens with two attached hydrogens (primary N) is 1. The molecule has 2 aromatic heterocycles.